The summed E-state index contributed by atoms with van der Waals surface area (Å²) in [6, 6.07) is 8.96. The molecule has 0 spiro atoms. The topological polar surface area (TPSA) is 81.6 Å². The van der Waals surface area contributed by atoms with Crippen LogP contribution in [0.15, 0.2) is 46.8 Å². The second kappa shape index (κ2) is 8.11. The summed E-state index contributed by atoms with van der Waals surface area (Å²) in [7, 11) is -1.24. The van der Waals surface area contributed by atoms with Crippen LogP contribution in [0.3, 0.4) is 0 Å². The summed E-state index contributed by atoms with van der Waals surface area (Å²) in [6.07, 6.45) is 0. The minimum atomic E-state index is -4.24. The second-order valence-electron chi connectivity index (χ2n) is 5.84. The number of ether oxygens (including phenoxy) is 2. The van der Waals surface area contributed by atoms with E-state index in [1.54, 1.807) is 25.1 Å². The molecule has 0 bridgehead atoms. The van der Waals surface area contributed by atoms with Gasteiger partial charge in [-0.05, 0) is 36.8 Å². The van der Waals surface area contributed by atoms with E-state index in [0.29, 0.717) is 22.6 Å². The van der Waals surface area contributed by atoms with Crippen molar-refractivity contribution in [3.8, 4) is 11.5 Å². The third kappa shape index (κ3) is 3.92. The first-order chi connectivity index (χ1) is 13.4. The number of hydrogen-bond donors (Lipinski definition) is 0. The smallest absolute Gasteiger partial charge is 0.269 e. The average molecular weight is 423 g/mol. The molecule has 7 nitrogen and oxygen atoms in total. The Morgan fingerprint density at radius 1 is 1.14 bits per heavy atom. The van der Waals surface area contributed by atoms with Crippen LogP contribution < -0.4 is 13.8 Å². The fourth-order valence-corrected chi connectivity index (χ4v) is 4.92. The minimum Gasteiger partial charge on any atom is -0.497 e. The van der Waals surface area contributed by atoms with Crippen molar-refractivity contribution in [3.05, 3.63) is 58.9 Å². The minimum absolute atomic E-state index is 0.113. The van der Waals surface area contributed by atoms with Crippen LogP contribution in [0.5, 0.6) is 11.5 Å². The van der Waals surface area contributed by atoms with Crippen molar-refractivity contribution in [2.75, 3.05) is 18.5 Å². The molecule has 0 saturated carbocycles. The summed E-state index contributed by atoms with van der Waals surface area (Å²) in [6.45, 7) is 1.58. The maximum Gasteiger partial charge on any atom is 0.269 e. The highest BCUT2D eigenvalue weighted by Gasteiger charge is 2.31. The molecule has 0 aliphatic carbocycles. The number of methoxy groups -OCH3 is 2. The summed E-state index contributed by atoms with van der Waals surface area (Å²) in [5.41, 5.74) is 2.60. The zero-order valence-corrected chi connectivity index (χ0v) is 17.1. The number of halogens is 1. The van der Waals surface area contributed by atoms with Crippen LogP contribution in [0, 0.1) is 12.7 Å². The number of sulfonamides is 1. The number of benzene rings is 2. The third-order valence-electron chi connectivity index (χ3n) is 4.02. The second-order valence-corrected chi connectivity index (χ2v) is 8.49. The number of hydrogen-bond acceptors (Lipinski definition) is 7. The Kier molecular flexibility index (Phi) is 5.80. The Labute approximate surface area is 166 Å². The van der Waals surface area contributed by atoms with Gasteiger partial charge in [-0.1, -0.05) is 17.4 Å². The predicted octanol–water partition coefficient (Wildman–Crippen LogP) is 3.40. The summed E-state index contributed by atoms with van der Waals surface area (Å²) in [5.74, 6) is 0.172. The van der Waals surface area contributed by atoms with E-state index in [1.165, 1.54) is 31.9 Å². The lowest BCUT2D eigenvalue weighted by atomic mass is 10.2. The van der Waals surface area contributed by atoms with Crippen LogP contribution in [0.25, 0.3) is 0 Å². The molecule has 1 heterocycles. The Bertz CT molecular complexity index is 1070. The number of aryl methyl sites for hydroxylation is 1. The SMILES string of the molecule is COc1ccc(CN(c2nncs2)S(=O)(=O)c2cc(C)ccc2F)c(OC)c1. The van der Waals surface area contributed by atoms with Gasteiger partial charge >= 0.3 is 0 Å². The lowest BCUT2D eigenvalue weighted by Crippen LogP contribution is -2.31. The van der Waals surface area contributed by atoms with E-state index in [1.807, 2.05) is 0 Å². The molecule has 0 radical (unpaired) electrons. The molecule has 0 saturated heterocycles. The van der Waals surface area contributed by atoms with E-state index >= 15 is 0 Å². The molecule has 2 aromatic carbocycles. The van der Waals surface area contributed by atoms with Gasteiger partial charge in [-0.25, -0.2) is 17.1 Å². The van der Waals surface area contributed by atoms with E-state index in [9.17, 15) is 12.8 Å². The molecular weight excluding hydrogens is 405 g/mol. The van der Waals surface area contributed by atoms with Crippen LogP contribution in [0.4, 0.5) is 9.52 Å². The van der Waals surface area contributed by atoms with Crippen molar-refractivity contribution < 1.29 is 22.3 Å². The Morgan fingerprint density at radius 2 is 1.93 bits per heavy atom. The summed E-state index contributed by atoms with van der Waals surface area (Å²) in [4.78, 5) is -0.421. The number of aromatic nitrogens is 2. The normalized spacial score (nSPS) is 11.3. The molecule has 3 rings (SSSR count). The summed E-state index contributed by atoms with van der Waals surface area (Å²) >= 11 is 1.04. The highest BCUT2D eigenvalue weighted by atomic mass is 32.2. The molecule has 3 aromatic rings. The highest BCUT2D eigenvalue weighted by Crippen LogP contribution is 2.32. The van der Waals surface area contributed by atoms with E-state index in [4.69, 9.17) is 9.47 Å². The molecule has 0 aliphatic heterocycles. The van der Waals surface area contributed by atoms with Gasteiger partial charge in [0, 0.05) is 11.6 Å². The van der Waals surface area contributed by atoms with Gasteiger partial charge in [0.15, 0.2) is 0 Å². The van der Waals surface area contributed by atoms with Gasteiger partial charge in [0.05, 0.1) is 20.8 Å². The molecule has 0 fully saturated rings. The van der Waals surface area contributed by atoms with E-state index in [2.05, 4.69) is 10.2 Å². The maximum atomic E-state index is 14.4. The van der Waals surface area contributed by atoms with Gasteiger partial charge in [-0.3, -0.25) is 0 Å². The molecule has 0 amide bonds. The van der Waals surface area contributed by atoms with E-state index in [-0.39, 0.29) is 11.7 Å². The van der Waals surface area contributed by atoms with Gasteiger partial charge in [0.25, 0.3) is 10.0 Å². The first kappa shape index (κ1) is 20.0. The van der Waals surface area contributed by atoms with Gasteiger partial charge < -0.3 is 9.47 Å². The van der Waals surface area contributed by atoms with Crippen molar-refractivity contribution >= 4 is 26.5 Å². The molecule has 28 heavy (non-hydrogen) atoms. The Morgan fingerprint density at radius 3 is 2.57 bits per heavy atom. The van der Waals surface area contributed by atoms with Crippen molar-refractivity contribution in [1.82, 2.24) is 10.2 Å². The van der Waals surface area contributed by atoms with Crippen molar-refractivity contribution in [2.24, 2.45) is 0 Å². The average Bonchev–Trinajstić information content (AvgIpc) is 3.21. The molecule has 10 heteroatoms. The lowest BCUT2D eigenvalue weighted by molar-refractivity contribution is 0.391. The van der Waals surface area contributed by atoms with Crippen molar-refractivity contribution in [2.45, 2.75) is 18.4 Å². The van der Waals surface area contributed by atoms with Crippen LogP contribution in [-0.2, 0) is 16.6 Å². The Balaban J connectivity index is 2.10. The summed E-state index contributed by atoms with van der Waals surface area (Å²) in [5, 5.41) is 7.72. The molecule has 1 aromatic heterocycles. The largest absolute Gasteiger partial charge is 0.497 e. The van der Waals surface area contributed by atoms with Crippen molar-refractivity contribution in [3.63, 3.8) is 0 Å². The van der Waals surface area contributed by atoms with Gasteiger partial charge in [-0.15, -0.1) is 10.2 Å². The van der Waals surface area contributed by atoms with Crippen LogP contribution >= 0.6 is 11.3 Å². The molecular formula is C18H18FN3O4S2. The first-order valence-corrected chi connectivity index (χ1v) is 10.4. The third-order valence-corrected chi connectivity index (χ3v) is 6.60. The zero-order chi connectivity index (χ0) is 20.3. The highest BCUT2D eigenvalue weighted by molar-refractivity contribution is 7.93. The van der Waals surface area contributed by atoms with E-state index < -0.39 is 20.7 Å². The predicted molar refractivity (Wildman–Crippen MR) is 104 cm³/mol. The summed E-state index contributed by atoms with van der Waals surface area (Å²) < 4.78 is 52.5. The van der Waals surface area contributed by atoms with Gasteiger partial charge in [0.1, 0.15) is 27.7 Å². The van der Waals surface area contributed by atoms with Crippen molar-refractivity contribution in [1.29, 1.82) is 0 Å². The lowest BCUT2D eigenvalue weighted by Gasteiger charge is -2.23. The molecule has 0 N–H and O–H groups in total. The molecule has 0 unspecified atom stereocenters. The zero-order valence-electron chi connectivity index (χ0n) is 15.4. The first-order valence-electron chi connectivity index (χ1n) is 8.12. The molecule has 0 aliphatic rings. The number of anilines is 1. The number of rotatable bonds is 7. The van der Waals surface area contributed by atoms with Crippen LogP contribution in [0.2, 0.25) is 0 Å². The fourth-order valence-electron chi connectivity index (χ4n) is 2.60. The van der Waals surface area contributed by atoms with Crippen LogP contribution in [0.1, 0.15) is 11.1 Å². The maximum absolute atomic E-state index is 14.4. The van der Waals surface area contributed by atoms with E-state index in [0.717, 1.165) is 21.7 Å². The fraction of sp³-hybridized carbons (Fsp3) is 0.222. The number of nitrogens with zero attached hydrogens (tertiary/aromatic N) is 3. The van der Waals surface area contributed by atoms with Gasteiger partial charge in [0.2, 0.25) is 5.13 Å². The van der Waals surface area contributed by atoms with Crippen LogP contribution in [-0.4, -0.2) is 32.8 Å². The standard InChI is InChI=1S/C18H18FN3O4S2/c1-12-4-7-15(19)17(8-12)28(23,24)22(18-21-20-11-27-18)10-13-5-6-14(25-2)9-16(13)26-3/h4-9,11H,10H2,1-3H3. The monoisotopic (exact) mass is 423 g/mol. The molecule has 148 valence electrons. The Hall–Kier alpha value is -2.72. The molecule has 0 atom stereocenters. The van der Waals surface area contributed by atoms with Gasteiger partial charge in [-0.2, -0.15) is 0 Å². The quantitative estimate of drug-likeness (QED) is 0.579.